The van der Waals surface area contributed by atoms with E-state index in [9.17, 15) is 13.7 Å². The van der Waals surface area contributed by atoms with Crippen LogP contribution in [0.2, 0.25) is 0 Å². The molecule has 1 saturated carbocycles. The normalized spacial score (nSPS) is 33.3. The van der Waals surface area contributed by atoms with Gasteiger partial charge in [-0.25, -0.2) is 0 Å². The van der Waals surface area contributed by atoms with Gasteiger partial charge in [0.1, 0.15) is 5.54 Å². The van der Waals surface area contributed by atoms with Gasteiger partial charge in [-0.05, 0) is 44.4 Å². The molecular weight excluding hydrogens is 274 g/mol. The van der Waals surface area contributed by atoms with Crippen molar-refractivity contribution in [1.82, 2.24) is 9.03 Å². The first-order chi connectivity index (χ1) is 9.47. The van der Waals surface area contributed by atoms with Gasteiger partial charge in [0.25, 0.3) is 10.2 Å². The van der Waals surface area contributed by atoms with Crippen LogP contribution in [0, 0.1) is 17.2 Å². The molecule has 1 N–H and O–H groups in total. The summed E-state index contributed by atoms with van der Waals surface area (Å²) in [5.41, 5.74) is -0.891. The third kappa shape index (κ3) is 3.72. The van der Waals surface area contributed by atoms with E-state index in [4.69, 9.17) is 0 Å². The number of rotatable bonds is 3. The lowest BCUT2D eigenvalue weighted by molar-refractivity contribution is 0.271. The number of hydrogen-bond acceptors (Lipinski definition) is 3. The minimum atomic E-state index is -3.53. The highest BCUT2D eigenvalue weighted by molar-refractivity contribution is 7.87. The minimum Gasteiger partial charge on any atom is -0.196 e. The first kappa shape index (κ1) is 15.7. The summed E-state index contributed by atoms with van der Waals surface area (Å²) >= 11 is 0. The molecule has 0 atom stereocenters. The van der Waals surface area contributed by atoms with Crippen LogP contribution in [0.5, 0.6) is 0 Å². The summed E-state index contributed by atoms with van der Waals surface area (Å²) in [4.78, 5) is 0. The molecule has 2 rings (SSSR count). The molecule has 2 fully saturated rings. The Bertz CT molecular complexity index is 453. The molecular formula is C14H25N3O2S. The van der Waals surface area contributed by atoms with Gasteiger partial charge in [-0.2, -0.15) is 22.7 Å². The van der Waals surface area contributed by atoms with Gasteiger partial charge < -0.3 is 0 Å². The molecule has 20 heavy (non-hydrogen) atoms. The molecule has 1 heterocycles. The van der Waals surface area contributed by atoms with Gasteiger partial charge in [0.2, 0.25) is 0 Å². The molecule has 0 amide bonds. The molecule has 0 aromatic carbocycles. The molecule has 0 aromatic heterocycles. The van der Waals surface area contributed by atoms with E-state index >= 15 is 0 Å². The van der Waals surface area contributed by atoms with E-state index in [0.29, 0.717) is 31.8 Å². The van der Waals surface area contributed by atoms with Crippen LogP contribution in [0.3, 0.4) is 0 Å². The molecule has 0 bridgehead atoms. The highest BCUT2D eigenvalue weighted by Crippen LogP contribution is 2.32. The first-order valence-electron chi connectivity index (χ1n) is 7.68. The molecule has 1 aliphatic carbocycles. The number of nitrogens with one attached hydrogen (secondary N) is 1. The second-order valence-electron chi connectivity index (χ2n) is 6.30. The van der Waals surface area contributed by atoms with Crippen LogP contribution in [-0.4, -0.2) is 31.4 Å². The van der Waals surface area contributed by atoms with Gasteiger partial charge in [0.05, 0.1) is 6.07 Å². The summed E-state index contributed by atoms with van der Waals surface area (Å²) in [5, 5.41) is 9.45. The highest BCUT2D eigenvalue weighted by Gasteiger charge is 2.39. The Labute approximate surface area is 122 Å². The van der Waals surface area contributed by atoms with Crippen LogP contribution in [0.1, 0.15) is 58.3 Å². The Morgan fingerprint density at radius 2 is 1.70 bits per heavy atom. The standard InChI is InChI=1S/C14H25N3O2S/c1-13-6-8-14(12-15,9-7-13)16-20(18,19)17-10-4-2-3-5-11-17/h13,16H,2-11H2,1H3. The molecule has 5 nitrogen and oxygen atoms in total. The lowest BCUT2D eigenvalue weighted by Crippen LogP contribution is -2.54. The van der Waals surface area contributed by atoms with Gasteiger partial charge in [-0.1, -0.05) is 19.8 Å². The summed E-state index contributed by atoms with van der Waals surface area (Å²) in [5.74, 6) is 0.583. The quantitative estimate of drug-likeness (QED) is 0.868. The van der Waals surface area contributed by atoms with Crippen LogP contribution in [-0.2, 0) is 10.2 Å². The van der Waals surface area contributed by atoms with Gasteiger partial charge >= 0.3 is 0 Å². The Balaban J connectivity index is 2.07. The fourth-order valence-electron chi connectivity index (χ4n) is 3.09. The van der Waals surface area contributed by atoms with Crippen LogP contribution >= 0.6 is 0 Å². The van der Waals surface area contributed by atoms with Crippen molar-refractivity contribution in [2.45, 2.75) is 63.8 Å². The van der Waals surface area contributed by atoms with Crippen molar-refractivity contribution in [2.24, 2.45) is 5.92 Å². The van der Waals surface area contributed by atoms with E-state index in [0.717, 1.165) is 38.5 Å². The van der Waals surface area contributed by atoms with Crippen LogP contribution in [0.4, 0.5) is 0 Å². The van der Waals surface area contributed by atoms with Crippen molar-refractivity contribution in [2.75, 3.05) is 13.1 Å². The summed E-state index contributed by atoms with van der Waals surface area (Å²) in [6.45, 7) is 3.31. The SMILES string of the molecule is CC1CCC(C#N)(NS(=O)(=O)N2CCCCCC2)CC1. The Kier molecular flexibility index (Phi) is 5.05. The van der Waals surface area contributed by atoms with E-state index in [1.54, 1.807) is 0 Å². The van der Waals surface area contributed by atoms with E-state index in [-0.39, 0.29) is 0 Å². The van der Waals surface area contributed by atoms with Gasteiger partial charge in [0.15, 0.2) is 0 Å². The molecule has 0 aromatic rings. The average molecular weight is 299 g/mol. The Hall–Kier alpha value is -0.640. The first-order valence-corrected chi connectivity index (χ1v) is 9.12. The van der Waals surface area contributed by atoms with Crippen molar-refractivity contribution in [3.63, 3.8) is 0 Å². The number of nitriles is 1. The third-order valence-electron chi connectivity index (χ3n) is 4.57. The number of nitrogens with zero attached hydrogens (tertiary/aromatic N) is 2. The fraction of sp³-hybridized carbons (Fsp3) is 0.929. The average Bonchev–Trinajstić information content (AvgIpc) is 2.71. The van der Waals surface area contributed by atoms with E-state index in [1.807, 2.05) is 0 Å². The van der Waals surface area contributed by atoms with Crippen molar-refractivity contribution in [3.8, 4) is 6.07 Å². The third-order valence-corrected chi connectivity index (χ3v) is 6.26. The zero-order chi connectivity index (χ0) is 14.6. The lowest BCUT2D eigenvalue weighted by atomic mass is 9.79. The van der Waals surface area contributed by atoms with E-state index < -0.39 is 15.7 Å². The maximum Gasteiger partial charge on any atom is 0.280 e. The molecule has 2 aliphatic rings. The summed E-state index contributed by atoms with van der Waals surface area (Å²) in [6.07, 6.45) is 7.08. The maximum absolute atomic E-state index is 12.5. The van der Waals surface area contributed by atoms with Gasteiger partial charge in [0, 0.05) is 13.1 Å². The summed E-state index contributed by atoms with van der Waals surface area (Å²) in [6, 6.07) is 2.23. The second-order valence-corrected chi connectivity index (χ2v) is 7.97. The second kappa shape index (κ2) is 6.42. The number of hydrogen-bond donors (Lipinski definition) is 1. The summed E-state index contributed by atoms with van der Waals surface area (Å²) < 4.78 is 29.3. The topological polar surface area (TPSA) is 73.2 Å². The van der Waals surface area contributed by atoms with Crippen molar-refractivity contribution < 1.29 is 8.42 Å². The van der Waals surface area contributed by atoms with Crippen molar-refractivity contribution in [1.29, 1.82) is 5.26 Å². The minimum absolute atomic E-state index is 0.577. The Morgan fingerprint density at radius 1 is 1.15 bits per heavy atom. The molecule has 1 aliphatic heterocycles. The van der Waals surface area contributed by atoms with Gasteiger partial charge in [-0.15, -0.1) is 0 Å². The fourth-order valence-corrected chi connectivity index (χ4v) is 4.70. The summed E-state index contributed by atoms with van der Waals surface area (Å²) in [7, 11) is -3.53. The maximum atomic E-state index is 12.5. The molecule has 1 saturated heterocycles. The molecule has 0 unspecified atom stereocenters. The van der Waals surface area contributed by atoms with Crippen LogP contribution in [0.15, 0.2) is 0 Å². The van der Waals surface area contributed by atoms with E-state index in [2.05, 4.69) is 17.7 Å². The predicted octanol–water partition coefficient (Wildman–Crippen LogP) is 2.17. The predicted molar refractivity (Wildman–Crippen MR) is 78.1 cm³/mol. The zero-order valence-electron chi connectivity index (χ0n) is 12.3. The van der Waals surface area contributed by atoms with Crippen molar-refractivity contribution >= 4 is 10.2 Å². The van der Waals surface area contributed by atoms with Crippen LogP contribution < -0.4 is 4.72 Å². The monoisotopic (exact) mass is 299 g/mol. The van der Waals surface area contributed by atoms with Crippen molar-refractivity contribution in [3.05, 3.63) is 0 Å². The smallest absolute Gasteiger partial charge is 0.196 e. The Morgan fingerprint density at radius 3 is 2.20 bits per heavy atom. The largest absolute Gasteiger partial charge is 0.280 e. The van der Waals surface area contributed by atoms with Gasteiger partial charge in [-0.3, -0.25) is 0 Å². The molecule has 0 radical (unpaired) electrons. The zero-order valence-corrected chi connectivity index (χ0v) is 13.1. The lowest BCUT2D eigenvalue weighted by Gasteiger charge is -2.35. The molecule has 114 valence electrons. The van der Waals surface area contributed by atoms with E-state index in [1.165, 1.54) is 4.31 Å². The molecule has 0 spiro atoms. The molecule has 6 heteroatoms. The van der Waals surface area contributed by atoms with Crippen LogP contribution in [0.25, 0.3) is 0 Å². The highest BCUT2D eigenvalue weighted by atomic mass is 32.2.